The SMILES string of the molecule is CN(C)[C@H](CNC(=O)c1ccccc1OC(F)F)c1ccccc1Cl. The van der Waals surface area contributed by atoms with Crippen molar-refractivity contribution in [1.29, 1.82) is 0 Å². The Bertz CT molecular complexity index is 726. The summed E-state index contributed by atoms with van der Waals surface area (Å²) >= 11 is 6.24. The second-order valence-electron chi connectivity index (χ2n) is 5.59. The van der Waals surface area contributed by atoms with E-state index in [2.05, 4.69) is 10.1 Å². The highest BCUT2D eigenvalue weighted by molar-refractivity contribution is 6.31. The van der Waals surface area contributed by atoms with E-state index >= 15 is 0 Å². The maximum atomic E-state index is 12.5. The summed E-state index contributed by atoms with van der Waals surface area (Å²) < 4.78 is 29.3. The minimum atomic E-state index is -2.99. The van der Waals surface area contributed by atoms with Crippen LogP contribution in [0.2, 0.25) is 5.02 Å². The van der Waals surface area contributed by atoms with Crippen LogP contribution in [0, 0.1) is 0 Å². The van der Waals surface area contributed by atoms with E-state index in [0.29, 0.717) is 5.02 Å². The van der Waals surface area contributed by atoms with Gasteiger partial charge in [-0.25, -0.2) is 0 Å². The van der Waals surface area contributed by atoms with Crippen molar-refractivity contribution in [2.45, 2.75) is 12.7 Å². The lowest BCUT2D eigenvalue weighted by atomic mass is 10.1. The Kier molecular flexibility index (Phi) is 6.73. The van der Waals surface area contributed by atoms with E-state index in [1.54, 1.807) is 12.1 Å². The number of para-hydroxylation sites is 1. The number of likely N-dealkylation sites (N-methyl/N-ethyl adjacent to an activating group) is 1. The van der Waals surface area contributed by atoms with Crippen LogP contribution in [-0.2, 0) is 0 Å². The molecule has 2 aromatic rings. The Hall–Kier alpha value is -2.18. The minimum Gasteiger partial charge on any atom is -0.434 e. The normalized spacial score (nSPS) is 12.3. The van der Waals surface area contributed by atoms with Gasteiger partial charge in [-0.1, -0.05) is 41.9 Å². The average Bonchev–Trinajstić information content (AvgIpc) is 2.56. The quantitative estimate of drug-likeness (QED) is 0.804. The molecule has 2 aromatic carbocycles. The molecule has 0 radical (unpaired) electrons. The van der Waals surface area contributed by atoms with Crippen molar-refractivity contribution < 1.29 is 18.3 Å². The highest BCUT2D eigenvalue weighted by Gasteiger charge is 2.20. The molecule has 0 aromatic heterocycles. The van der Waals surface area contributed by atoms with Crippen LogP contribution >= 0.6 is 11.6 Å². The molecule has 0 spiro atoms. The van der Waals surface area contributed by atoms with Crippen LogP contribution in [0.3, 0.4) is 0 Å². The zero-order valence-corrected chi connectivity index (χ0v) is 14.6. The summed E-state index contributed by atoms with van der Waals surface area (Å²) in [7, 11) is 3.74. The number of carbonyl (C=O) groups is 1. The molecule has 1 atom stereocenters. The molecule has 0 fully saturated rings. The van der Waals surface area contributed by atoms with Crippen molar-refractivity contribution in [3.8, 4) is 5.75 Å². The summed E-state index contributed by atoms with van der Waals surface area (Å²) in [5, 5.41) is 3.35. The van der Waals surface area contributed by atoms with Crippen molar-refractivity contribution in [2.24, 2.45) is 0 Å². The first-order valence-electron chi connectivity index (χ1n) is 7.63. The summed E-state index contributed by atoms with van der Waals surface area (Å²) in [4.78, 5) is 14.3. The van der Waals surface area contributed by atoms with Gasteiger partial charge in [0.05, 0.1) is 11.6 Å². The molecule has 0 saturated carbocycles. The molecule has 1 amide bonds. The number of nitrogens with zero attached hydrogens (tertiary/aromatic N) is 1. The van der Waals surface area contributed by atoms with Gasteiger partial charge in [-0.15, -0.1) is 0 Å². The maximum absolute atomic E-state index is 12.5. The summed E-state index contributed by atoms with van der Waals surface area (Å²) in [5.41, 5.74) is 0.922. The van der Waals surface area contributed by atoms with Gasteiger partial charge in [0.2, 0.25) is 0 Å². The van der Waals surface area contributed by atoms with Gasteiger partial charge in [-0.05, 0) is 37.9 Å². The lowest BCUT2D eigenvalue weighted by Gasteiger charge is -2.26. The Morgan fingerprint density at radius 2 is 1.80 bits per heavy atom. The fraction of sp³-hybridized carbons (Fsp3) is 0.278. The van der Waals surface area contributed by atoms with Gasteiger partial charge < -0.3 is 15.0 Å². The number of rotatable bonds is 7. The van der Waals surface area contributed by atoms with Gasteiger partial charge in [0.1, 0.15) is 5.75 Å². The molecular weight excluding hydrogens is 350 g/mol. The number of alkyl halides is 2. The first-order chi connectivity index (χ1) is 11.9. The van der Waals surface area contributed by atoms with E-state index < -0.39 is 12.5 Å². The van der Waals surface area contributed by atoms with Crippen LogP contribution in [-0.4, -0.2) is 38.1 Å². The fourth-order valence-electron chi connectivity index (χ4n) is 2.45. The molecule has 0 aliphatic rings. The fourth-order valence-corrected chi connectivity index (χ4v) is 2.72. The number of hydrogen-bond donors (Lipinski definition) is 1. The van der Waals surface area contributed by atoms with E-state index in [-0.39, 0.29) is 23.9 Å². The van der Waals surface area contributed by atoms with E-state index in [1.807, 2.05) is 37.2 Å². The summed E-state index contributed by atoms with van der Waals surface area (Å²) in [6, 6.07) is 13.1. The molecule has 0 bridgehead atoms. The monoisotopic (exact) mass is 368 g/mol. The van der Waals surface area contributed by atoms with Crippen LogP contribution in [0.4, 0.5) is 8.78 Å². The van der Waals surface area contributed by atoms with E-state index in [0.717, 1.165) is 5.56 Å². The largest absolute Gasteiger partial charge is 0.434 e. The molecule has 0 unspecified atom stereocenters. The number of benzene rings is 2. The lowest BCUT2D eigenvalue weighted by molar-refractivity contribution is -0.0501. The van der Waals surface area contributed by atoms with Crippen molar-refractivity contribution in [2.75, 3.05) is 20.6 Å². The van der Waals surface area contributed by atoms with Gasteiger partial charge in [0.15, 0.2) is 0 Å². The third-order valence-electron chi connectivity index (χ3n) is 3.69. The minimum absolute atomic E-state index is 0.0551. The highest BCUT2D eigenvalue weighted by atomic mass is 35.5. The smallest absolute Gasteiger partial charge is 0.387 e. The predicted octanol–water partition coefficient (Wildman–Crippen LogP) is 3.97. The molecule has 0 aliphatic carbocycles. The van der Waals surface area contributed by atoms with E-state index in [4.69, 9.17) is 11.6 Å². The third kappa shape index (κ3) is 5.14. The number of nitrogens with one attached hydrogen (secondary N) is 1. The van der Waals surface area contributed by atoms with Crippen molar-refractivity contribution in [3.63, 3.8) is 0 Å². The number of amides is 1. The molecule has 0 saturated heterocycles. The average molecular weight is 369 g/mol. The second-order valence-corrected chi connectivity index (χ2v) is 5.99. The van der Waals surface area contributed by atoms with Crippen LogP contribution in [0.25, 0.3) is 0 Å². The standard InChI is InChI=1S/C18H19ClF2N2O2/c1-23(2)15(12-7-3-5-9-14(12)19)11-22-17(24)13-8-4-6-10-16(13)25-18(20)21/h3-10,15,18H,11H2,1-2H3,(H,22,24)/t15-/m1/s1. The molecule has 7 heteroatoms. The van der Waals surface area contributed by atoms with Crippen LogP contribution in [0.1, 0.15) is 22.0 Å². The van der Waals surface area contributed by atoms with Gasteiger partial charge in [-0.3, -0.25) is 4.79 Å². The van der Waals surface area contributed by atoms with Crippen LogP contribution in [0.5, 0.6) is 5.75 Å². The van der Waals surface area contributed by atoms with Gasteiger partial charge in [0.25, 0.3) is 5.91 Å². The molecule has 25 heavy (non-hydrogen) atoms. The van der Waals surface area contributed by atoms with Gasteiger partial charge >= 0.3 is 6.61 Å². The molecule has 0 heterocycles. The van der Waals surface area contributed by atoms with Gasteiger partial charge in [0, 0.05) is 11.6 Å². The van der Waals surface area contributed by atoms with Crippen molar-refractivity contribution in [1.82, 2.24) is 10.2 Å². The zero-order valence-electron chi connectivity index (χ0n) is 13.9. The molecule has 1 N–H and O–H groups in total. The summed E-state index contributed by atoms with van der Waals surface area (Å²) in [6.45, 7) is -2.73. The molecular formula is C18H19ClF2N2O2. The number of ether oxygens (including phenoxy) is 1. The second kappa shape index (κ2) is 8.78. The van der Waals surface area contributed by atoms with Crippen molar-refractivity contribution >= 4 is 17.5 Å². The Morgan fingerprint density at radius 3 is 2.44 bits per heavy atom. The molecule has 4 nitrogen and oxygen atoms in total. The Morgan fingerprint density at radius 1 is 1.16 bits per heavy atom. The third-order valence-corrected chi connectivity index (χ3v) is 4.04. The highest BCUT2D eigenvalue weighted by Crippen LogP contribution is 2.26. The number of halogens is 3. The summed E-state index contributed by atoms with van der Waals surface area (Å²) in [5.74, 6) is -0.649. The summed E-state index contributed by atoms with van der Waals surface area (Å²) in [6.07, 6.45) is 0. The number of carbonyl (C=O) groups excluding carboxylic acids is 1. The number of hydrogen-bond acceptors (Lipinski definition) is 3. The lowest BCUT2D eigenvalue weighted by Crippen LogP contribution is -2.35. The van der Waals surface area contributed by atoms with Gasteiger partial charge in [-0.2, -0.15) is 8.78 Å². The predicted molar refractivity (Wildman–Crippen MR) is 93.3 cm³/mol. The Labute approximate surface area is 150 Å². The zero-order chi connectivity index (χ0) is 18.4. The van der Waals surface area contributed by atoms with Crippen molar-refractivity contribution in [3.05, 3.63) is 64.7 Å². The molecule has 2 rings (SSSR count). The molecule has 134 valence electrons. The van der Waals surface area contributed by atoms with Crippen LogP contribution in [0.15, 0.2) is 48.5 Å². The molecule has 0 aliphatic heterocycles. The topological polar surface area (TPSA) is 41.6 Å². The Balaban J connectivity index is 2.14. The maximum Gasteiger partial charge on any atom is 0.387 e. The first kappa shape index (κ1) is 19.1. The first-order valence-corrected chi connectivity index (χ1v) is 8.01. The van der Waals surface area contributed by atoms with E-state index in [1.165, 1.54) is 18.2 Å². The van der Waals surface area contributed by atoms with Crippen LogP contribution < -0.4 is 10.1 Å². The van der Waals surface area contributed by atoms with E-state index in [9.17, 15) is 13.6 Å².